The molecule has 0 bridgehead atoms. The summed E-state index contributed by atoms with van der Waals surface area (Å²) in [5.41, 5.74) is 3.91. The number of hydrogen-bond acceptors (Lipinski definition) is 3. The monoisotopic (exact) mass is 286 g/mol. The van der Waals surface area contributed by atoms with Crippen molar-refractivity contribution in [1.82, 2.24) is 9.88 Å². The molecule has 1 aromatic heterocycles. The van der Waals surface area contributed by atoms with Crippen molar-refractivity contribution in [2.24, 2.45) is 0 Å². The van der Waals surface area contributed by atoms with E-state index >= 15 is 0 Å². The summed E-state index contributed by atoms with van der Waals surface area (Å²) in [4.78, 5) is 17.5. The van der Waals surface area contributed by atoms with E-state index in [1.807, 2.05) is 56.1 Å². The lowest BCUT2D eigenvalue weighted by atomic mass is 10.1. The van der Waals surface area contributed by atoms with Gasteiger partial charge in [-0.15, -0.1) is 0 Å². The van der Waals surface area contributed by atoms with Crippen LogP contribution >= 0.6 is 0 Å². The topological polar surface area (TPSA) is 45.3 Å². The number of aromatic nitrogens is 1. The first-order chi connectivity index (χ1) is 9.99. The number of aromatic amines is 1. The van der Waals surface area contributed by atoms with E-state index in [0.717, 1.165) is 34.8 Å². The zero-order valence-electron chi connectivity index (χ0n) is 13.1. The van der Waals surface area contributed by atoms with Crippen molar-refractivity contribution in [3.05, 3.63) is 52.8 Å². The number of likely N-dealkylation sites (N-methyl/N-ethyl adjacent to an activating group) is 1. The molecule has 2 aromatic rings. The van der Waals surface area contributed by atoms with E-state index in [9.17, 15) is 4.79 Å². The van der Waals surface area contributed by atoms with Crippen LogP contribution in [0.4, 0.5) is 0 Å². The molecule has 0 saturated carbocycles. The molecule has 4 heteroatoms. The Morgan fingerprint density at radius 3 is 2.43 bits per heavy atom. The van der Waals surface area contributed by atoms with E-state index in [1.165, 1.54) is 0 Å². The number of methoxy groups -OCH3 is 1. The van der Waals surface area contributed by atoms with Gasteiger partial charge in [0.25, 0.3) is 0 Å². The number of benzene rings is 1. The number of rotatable bonds is 6. The standard InChI is InChI=1S/C17H22N2O2/c1-12-9-16(13(2)18-12)17(20)11-19(3)10-14-5-7-15(21-4)8-6-14/h5-9,18H,10-11H2,1-4H3. The number of aryl methyl sites for hydroxylation is 2. The summed E-state index contributed by atoms with van der Waals surface area (Å²) in [6, 6.07) is 9.82. The van der Waals surface area contributed by atoms with Gasteiger partial charge in [0.05, 0.1) is 13.7 Å². The highest BCUT2D eigenvalue weighted by Gasteiger charge is 2.14. The van der Waals surface area contributed by atoms with Crippen molar-refractivity contribution in [3.63, 3.8) is 0 Å². The van der Waals surface area contributed by atoms with E-state index in [-0.39, 0.29) is 5.78 Å². The highest BCUT2D eigenvalue weighted by atomic mass is 16.5. The highest BCUT2D eigenvalue weighted by molar-refractivity contribution is 5.98. The second-order valence-electron chi connectivity index (χ2n) is 5.43. The van der Waals surface area contributed by atoms with Crippen molar-refractivity contribution in [2.45, 2.75) is 20.4 Å². The number of carbonyl (C=O) groups is 1. The van der Waals surface area contributed by atoms with Crippen molar-refractivity contribution in [2.75, 3.05) is 20.7 Å². The summed E-state index contributed by atoms with van der Waals surface area (Å²) in [6.07, 6.45) is 0. The Balaban J connectivity index is 1.96. The van der Waals surface area contributed by atoms with Crippen LogP contribution in [0.3, 0.4) is 0 Å². The van der Waals surface area contributed by atoms with Gasteiger partial charge in [0, 0.05) is 23.5 Å². The lowest BCUT2D eigenvalue weighted by molar-refractivity contribution is 0.0942. The molecule has 0 aliphatic rings. The third kappa shape index (κ3) is 3.95. The summed E-state index contributed by atoms with van der Waals surface area (Å²) in [5, 5.41) is 0. The number of nitrogens with zero attached hydrogens (tertiary/aromatic N) is 1. The average Bonchev–Trinajstić information content (AvgIpc) is 2.78. The van der Waals surface area contributed by atoms with Crippen LogP contribution in [0.1, 0.15) is 27.3 Å². The second kappa shape index (κ2) is 6.59. The Labute approximate surface area is 125 Å². The number of carbonyl (C=O) groups excluding carboxylic acids is 1. The molecule has 21 heavy (non-hydrogen) atoms. The van der Waals surface area contributed by atoms with Gasteiger partial charge in [-0.25, -0.2) is 0 Å². The first kappa shape index (κ1) is 15.3. The first-order valence-electron chi connectivity index (χ1n) is 7.00. The fraction of sp³-hybridized carbons (Fsp3) is 0.353. The molecule has 0 amide bonds. The van der Waals surface area contributed by atoms with Gasteiger partial charge >= 0.3 is 0 Å². The van der Waals surface area contributed by atoms with E-state index < -0.39 is 0 Å². The minimum Gasteiger partial charge on any atom is -0.497 e. The van der Waals surface area contributed by atoms with Crippen LogP contribution in [-0.4, -0.2) is 36.4 Å². The van der Waals surface area contributed by atoms with Crippen LogP contribution in [0, 0.1) is 13.8 Å². The van der Waals surface area contributed by atoms with Crippen LogP contribution in [0.25, 0.3) is 0 Å². The molecule has 0 radical (unpaired) electrons. The predicted molar refractivity (Wildman–Crippen MR) is 83.9 cm³/mol. The highest BCUT2D eigenvalue weighted by Crippen LogP contribution is 2.14. The normalized spacial score (nSPS) is 10.9. The van der Waals surface area contributed by atoms with Crippen molar-refractivity contribution >= 4 is 5.78 Å². The molecule has 4 nitrogen and oxygen atoms in total. The molecule has 0 aliphatic carbocycles. The molecular weight excluding hydrogens is 264 g/mol. The van der Waals surface area contributed by atoms with Gasteiger partial charge in [-0.3, -0.25) is 9.69 Å². The van der Waals surface area contributed by atoms with Crippen molar-refractivity contribution in [1.29, 1.82) is 0 Å². The van der Waals surface area contributed by atoms with Crippen molar-refractivity contribution in [3.8, 4) is 5.75 Å². The minimum absolute atomic E-state index is 0.146. The third-order valence-corrected chi connectivity index (χ3v) is 3.47. The lowest BCUT2D eigenvalue weighted by Crippen LogP contribution is -2.25. The lowest BCUT2D eigenvalue weighted by Gasteiger charge is -2.16. The van der Waals surface area contributed by atoms with Gasteiger partial charge in [0.2, 0.25) is 0 Å². The first-order valence-corrected chi connectivity index (χ1v) is 7.00. The van der Waals surface area contributed by atoms with Gasteiger partial charge in [-0.05, 0) is 44.7 Å². The Kier molecular flexibility index (Phi) is 4.81. The zero-order valence-corrected chi connectivity index (χ0v) is 13.1. The van der Waals surface area contributed by atoms with Crippen LogP contribution in [0.15, 0.2) is 30.3 Å². The molecule has 0 fully saturated rings. The number of ketones is 1. The smallest absolute Gasteiger partial charge is 0.178 e. The Hall–Kier alpha value is -2.07. The van der Waals surface area contributed by atoms with E-state index in [4.69, 9.17) is 4.74 Å². The second-order valence-corrected chi connectivity index (χ2v) is 5.43. The van der Waals surface area contributed by atoms with E-state index in [0.29, 0.717) is 6.54 Å². The largest absolute Gasteiger partial charge is 0.497 e. The summed E-state index contributed by atoms with van der Waals surface area (Å²) >= 11 is 0. The van der Waals surface area contributed by atoms with Gasteiger partial charge in [0.1, 0.15) is 5.75 Å². The summed E-state index contributed by atoms with van der Waals surface area (Å²) < 4.78 is 5.14. The number of ether oxygens (including phenoxy) is 1. The summed E-state index contributed by atoms with van der Waals surface area (Å²) in [7, 11) is 3.61. The quantitative estimate of drug-likeness (QED) is 0.830. The molecule has 1 N–H and O–H groups in total. The minimum atomic E-state index is 0.146. The maximum Gasteiger partial charge on any atom is 0.178 e. The third-order valence-electron chi connectivity index (χ3n) is 3.47. The molecule has 2 rings (SSSR count). The molecule has 0 atom stereocenters. The van der Waals surface area contributed by atoms with E-state index in [2.05, 4.69) is 4.98 Å². The summed E-state index contributed by atoms with van der Waals surface area (Å²) in [6.45, 7) is 5.04. The number of H-pyrrole nitrogens is 1. The van der Waals surface area contributed by atoms with Gasteiger partial charge in [-0.2, -0.15) is 0 Å². The molecule has 0 saturated heterocycles. The maximum absolute atomic E-state index is 12.3. The molecular formula is C17H22N2O2. The summed E-state index contributed by atoms with van der Waals surface area (Å²) in [5.74, 6) is 0.990. The zero-order chi connectivity index (χ0) is 15.4. The molecule has 0 aliphatic heterocycles. The Bertz CT molecular complexity index is 614. The maximum atomic E-state index is 12.3. The number of nitrogens with one attached hydrogen (secondary N) is 1. The van der Waals surface area contributed by atoms with Gasteiger partial charge < -0.3 is 9.72 Å². The van der Waals surface area contributed by atoms with Gasteiger partial charge in [-0.1, -0.05) is 12.1 Å². The average molecular weight is 286 g/mol. The van der Waals surface area contributed by atoms with Gasteiger partial charge in [0.15, 0.2) is 5.78 Å². The Morgan fingerprint density at radius 1 is 1.24 bits per heavy atom. The van der Waals surface area contributed by atoms with Crippen LogP contribution in [0.5, 0.6) is 5.75 Å². The Morgan fingerprint density at radius 2 is 1.90 bits per heavy atom. The molecule has 1 heterocycles. The number of hydrogen-bond donors (Lipinski definition) is 1. The number of Topliss-reactive ketones (excluding diaryl/α,β-unsaturated/α-hetero) is 1. The molecule has 0 spiro atoms. The van der Waals surface area contributed by atoms with Crippen LogP contribution < -0.4 is 4.74 Å². The molecule has 0 unspecified atom stereocenters. The SMILES string of the molecule is COc1ccc(CN(C)CC(=O)c2cc(C)[nH]c2C)cc1. The van der Waals surface area contributed by atoms with Crippen LogP contribution in [-0.2, 0) is 6.54 Å². The predicted octanol–water partition coefficient (Wildman–Crippen LogP) is 2.95. The fourth-order valence-electron chi connectivity index (χ4n) is 2.44. The molecule has 112 valence electrons. The van der Waals surface area contributed by atoms with Crippen LogP contribution in [0.2, 0.25) is 0 Å². The fourth-order valence-corrected chi connectivity index (χ4v) is 2.44. The van der Waals surface area contributed by atoms with E-state index in [1.54, 1.807) is 7.11 Å². The molecule has 1 aromatic carbocycles. The van der Waals surface area contributed by atoms with Crippen molar-refractivity contribution < 1.29 is 9.53 Å².